The van der Waals surface area contributed by atoms with Gasteiger partial charge in [-0.05, 0) is 96.3 Å². The van der Waals surface area contributed by atoms with Crippen molar-refractivity contribution >= 4 is 5.97 Å². The van der Waals surface area contributed by atoms with Crippen LogP contribution in [0, 0.1) is 0 Å². The molecule has 0 aromatic carbocycles. The first-order chi connectivity index (χ1) is 31.4. The average Bonchev–Trinajstić information content (AvgIpc) is 3.30. The van der Waals surface area contributed by atoms with Crippen molar-refractivity contribution in [3.63, 3.8) is 0 Å². The summed E-state index contributed by atoms with van der Waals surface area (Å²) < 4.78 is 22.8. The largest absolute Gasteiger partial charge is 0.457 e. The van der Waals surface area contributed by atoms with Gasteiger partial charge in [-0.3, -0.25) is 4.79 Å². The number of carbonyl (C=O) groups is 1. The van der Waals surface area contributed by atoms with Gasteiger partial charge >= 0.3 is 5.97 Å². The van der Waals surface area contributed by atoms with Crippen molar-refractivity contribution in [3.05, 3.63) is 109 Å². The van der Waals surface area contributed by atoms with Crippen LogP contribution in [0.3, 0.4) is 0 Å². The van der Waals surface area contributed by atoms with Gasteiger partial charge in [0, 0.05) is 13.0 Å². The highest BCUT2D eigenvalue weighted by Crippen LogP contribution is 2.22. The highest BCUT2D eigenvalue weighted by atomic mass is 16.7. The second-order valence-electron chi connectivity index (χ2n) is 16.5. The van der Waals surface area contributed by atoms with E-state index in [0.717, 1.165) is 116 Å². The van der Waals surface area contributed by atoms with Gasteiger partial charge in [-0.15, -0.1) is 0 Å². The van der Waals surface area contributed by atoms with E-state index in [2.05, 4.69) is 123 Å². The molecular formula is C55H90O9. The second kappa shape index (κ2) is 45.0. The zero-order valence-electron chi connectivity index (χ0n) is 40.0. The topological polar surface area (TPSA) is 135 Å². The van der Waals surface area contributed by atoms with Crippen molar-refractivity contribution in [3.8, 4) is 0 Å². The predicted octanol–water partition coefficient (Wildman–Crippen LogP) is 12.1. The van der Waals surface area contributed by atoms with Crippen LogP contribution >= 0.6 is 0 Å². The van der Waals surface area contributed by atoms with E-state index in [-0.39, 0.29) is 25.6 Å². The Bertz CT molecular complexity index is 1340. The van der Waals surface area contributed by atoms with E-state index in [9.17, 15) is 25.2 Å². The van der Waals surface area contributed by atoms with Gasteiger partial charge in [-0.1, -0.05) is 175 Å². The Morgan fingerprint density at radius 2 is 0.906 bits per heavy atom. The van der Waals surface area contributed by atoms with Gasteiger partial charge in [-0.25, -0.2) is 0 Å². The molecule has 1 aliphatic rings. The minimum atomic E-state index is -1.55. The molecule has 1 aliphatic heterocycles. The Labute approximate surface area is 389 Å². The van der Waals surface area contributed by atoms with Crippen LogP contribution in [-0.2, 0) is 23.7 Å². The fraction of sp³-hybridized carbons (Fsp3) is 0.655. The fourth-order valence-corrected chi connectivity index (χ4v) is 6.86. The third-order valence-electron chi connectivity index (χ3n) is 10.7. The number of carbonyl (C=O) groups excluding carboxylic acids is 1. The van der Waals surface area contributed by atoms with E-state index in [1.807, 2.05) is 0 Å². The molecule has 0 bridgehead atoms. The number of aliphatic hydroxyl groups is 4. The van der Waals surface area contributed by atoms with E-state index in [1.54, 1.807) is 0 Å². The Kier molecular flexibility index (Phi) is 41.4. The molecule has 1 heterocycles. The molecule has 1 saturated heterocycles. The molecule has 0 saturated carbocycles. The number of hydrogen-bond donors (Lipinski definition) is 4. The number of rotatable bonds is 41. The Morgan fingerprint density at radius 1 is 0.500 bits per heavy atom. The summed E-state index contributed by atoms with van der Waals surface area (Å²) in [5.41, 5.74) is 0. The number of ether oxygens (including phenoxy) is 4. The standard InChI is InChI=1S/C55H90O9/c1-3-5-7-9-11-13-15-17-19-21-23-24-25-26-27-28-30-32-34-36-38-40-42-44-51(57)63-49(48-62-55-54(60)53(59)52(58)50(46-56)64-55)47-61-45-43-41-39-37-35-33-31-29-22-20-18-16-14-12-10-8-6-4-2/h5-8,11-14,17-20,23-24,26-27,30,32,49-50,52-56,58-60H,3-4,9-10,15-16,21-22,25,28-29,31,33-48H2,1-2H3/b7-5-,8-6-,13-11-,14-12-,19-17-,20-18-,24-23-,27-26-,32-30-. The number of esters is 1. The molecule has 0 aliphatic carbocycles. The summed E-state index contributed by atoms with van der Waals surface area (Å²) in [6.45, 7) is 4.27. The number of aliphatic hydroxyl groups excluding tert-OH is 4. The minimum Gasteiger partial charge on any atom is -0.457 e. The number of unbranched alkanes of at least 4 members (excludes halogenated alkanes) is 12. The van der Waals surface area contributed by atoms with Crippen LogP contribution in [0.5, 0.6) is 0 Å². The third kappa shape index (κ3) is 35.2. The molecule has 0 aromatic rings. The minimum absolute atomic E-state index is 0.121. The lowest BCUT2D eigenvalue weighted by atomic mass is 9.99. The van der Waals surface area contributed by atoms with Crippen LogP contribution in [0.15, 0.2) is 109 Å². The molecule has 1 rings (SSSR count). The molecule has 0 spiro atoms. The molecule has 0 radical (unpaired) electrons. The van der Waals surface area contributed by atoms with Crippen LogP contribution in [0.4, 0.5) is 0 Å². The number of allylic oxidation sites excluding steroid dienone is 18. The lowest BCUT2D eigenvalue weighted by Gasteiger charge is -2.39. The SMILES string of the molecule is CC/C=C\C/C=C\C/C=C\C/C=C\C/C=C\C/C=C\CCCCCCC(=O)OC(COCCCCCCCCCC/C=C\C/C=C\C/C=C\CC)COC1OC(CO)C(O)C(O)C1O. The third-order valence-corrected chi connectivity index (χ3v) is 10.7. The molecule has 1 fully saturated rings. The molecule has 0 amide bonds. The van der Waals surface area contributed by atoms with Crippen LogP contribution < -0.4 is 0 Å². The molecule has 0 aromatic heterocycles. The van der Waals surface area contributed by atoms with Gasteiger partial charge in [-0.2, -0.15) is 0 Å². The molecule has 9 heteroatoms. The van der Waals surface area contributed by atoms with Crippen molar-refractivity contribution in [1.29, 1.82) is 0 Å². The predicted molar refractivity (Wildman–Crippen MR) is 265 cm³/mol. The van der Waals surface area contributed by atoms with Gasteiger partial charge in [0.05, 0.1) is 19.8 Å². The van der Waals surface area contributed by atoms with Gasteiger partial charge in [0.2, 0.25) is 0 Å². The van der Waals surface area contributed by atoms with Crippen LogP contribution in [-0.4, -0.2) is 89.6 Å². The van der Waals surface area contributed by atoms with Gasteiger partial charge in [0.25, 0.3) is 0 Å². The fourth-order valence-electron chi connectivity index (χ4n) is 6.86. The highest BCUT2D eigenvalue weighted by molar-refractivity contribution is 5.69. The van der Waals surface area contributed by atoms with Crippen molar-refractivity contribution in [1.82, 2.24) is 0 Å². The molecular weight excluding hydrogens is 805 g/mol. The first-order valence-electron chi connectivity index (χ1n) is 25.0. The second-order valence-corrected chi connectivity index (χ2v) is 16.5. The van der Waals surface area contributed by atoms with Crippen LogP contribution in [0.2, 0.25) is 0 Å². The summed E-state index contributed by atoms with van der Waals surface area (Å²) in [7, 11) is 0. The summed E-state index contributed by atoms with van der Waals surface area (Å²) in [5.74, 6) is -0.345. The van der Waals surface area contributed by atoms with E-state index >= 15 is 0 Å². The first-order valence-corrected chi connectivity index (χ1v) is 25.0. The van der Waals surface area contributed by atoms with Gasteiger partial charge in [0.1, 0.15) is 30.5 Å². The maximum atomic E-state index is 12.8. The smallest absolute Gasteiger partial charge is 0.306 e. The van der Waals surface area contributed by atoms with Crippen molar-refractivity contribution in [2.24, 2.45) is 0 Å². The Morgan fingerprint density at radius 3 is 1.36 bits per heavy atom. The van der Waals surface area contributed by atoms with Crippen molar-refractivity contribution in [2.45, 2.75) is 205 Å². The quantitative estimate of drug-likeness (QED) is 0.0269. The maximum Gasteiger partial charge on any atom is 0.306 e. The normalized spacial score (nSPS) is 20.5. The Hall–Kier alpha value is -3.15. The van der Waals surface area contributed by atoms with Crippen molar-refractivity contribution in [2.75, 3.05) is 26.4 Å². The monoisotopic (exact) mass is 895 g/mol. The van der Waals surface area contributed by atoms with E-state index in [4.69, 9.17) is 18.9 Å². The zero-order chi connectivity index (χ0) is 46.4. The number of hydrogen-bond acceptors (Lipinski definition) is 9. The summed E-state index contributed by atoms with van der Waals surface area (Å²) in [4.78, 5) is 12.8. The summed E-state index contributed by atoms with van der Waals surface area (Å²) in [6, 6.07) is 0. The first kappa shape index (κ1) is 58.9. The molecule has 4 N–H and O–H groups in total. The van der Waals surface area contributed by atoms with E-state index < -0.39 is 43.4 Å². The van der Waals surface area contributed by atoms with E-state index in [1.165, 1.54) is 32.1 Å². The van der Waals surface area contributed by atoms with Crippen LogP contribution in [0.25, 0.3) is 0 Å². The molecule has 364 valence electrons. The Balaban J connectivity index is 2.27. The van der Waals surface area contributed by atoms with Crippen molar-refractivity contribution < 1.29 is 44.2 Å². The molecule has 64 heavy (non-hydrogen) atoms. The summed E-state index contributed by atoms with van der Waals surface area (Å²) in [6.07, 6.45) is 56.8. The molecule has 6 unspecified atom stereocenters. The maximum absolute atomic E-state index is 12.8. The molecule has 6 atom stereocenters. The lowest BCUT2D eigenvalue weighted by Crippen LogP contribution is -2.59. The highest BCUT2D eigenvalue weighted by Gasteiger charge is 2.44. The zero-order valence-corrected chi connectivity index (χ0v) is 40.0. The summed E-state index contributed by atoms with van der Waals surface area (Å²) in [5, 5.41) is 40.2. The molecule has 9 nitrogen and oxygen atoms in total. The van der Waals surface area contributed by atoms with Crippen LogP contribution in [0.1, 0.15) is 168 Å². The van der Waals surface area contributed by atoms with Gasteiger partial charge in [0.15, 0.2) is 6.29 Å². The summed E-state index contributed by atoms with van der Waals surface area (Å²) >= 11 is 0. The van der Waals surface area contributed by atoms with Gasteiger partial charge < -0.3 is 39.4 Å². The van der Waals surface area contributed by atoms with E-state index in [0.29, 0.717) is 6.61 Å². The lowest BCUT2D eigenvalue weighted by molar-refractivity contribution is -0.305. The average molecular weight is 895 g/mol.